The number of nitrogens with zero attached hydrogens (tertiary/aromatic N) is 3. The first-order valence-corrected chi connectivity index (χ1v) is 9.60. The Morgan fingerprint density at radius 3 is 2.19 bits per heavy atom. The lowest BCUT2D eigenvalue weighted by atomic mass is 9.96. The van der Waals surface area contributed by atoms with Crippen LogP contribution in [0.4, 0.5) is 10.1 Å². The third-order valence-corrected chi connectivity index (χ3v) is 5.75. The number of ether oxygens (including phenoxy) is 1. The Hall–Kier alpha value is -2.15. The molecule has 0 bridgehead atoms. The molecule has 27 heavy (non-hydrogen) atoms. The summed E-state index contributed by atoms with van der Waals surface area (Å²) in [5.74, 6) is -0.359. The number of benzene rings is 1. The van der Waals surface area contributed by atoms with Gasteiger partial charge in [-0.2, -0.15) is 0 Å². The van der Waals surface area contributed by atoms with Crippen molar-refractivity contribution in [1.29, 1.82) is 0 Å². The van der Waals surface area contributed by atoms with E-state index in [0.717, 1.165) is 31.9 Å². The smallest absolute Gasteiger partial charge is 0.308 e. The molecule has 1 aromatic rings. The van der Waals surface area contributed by atoms with Crippen LogP contribution in [0.1, 0.15) is 19.8 Å². The Bertz CT molecular complexity index is 651. The van der Waals surface area contributed by atoms with Crippen molar-refractivity contribution < 1.29 is 18.7 Å². The lowest BCUT2D eigenvalue weighted by Crippen LogP contribution is -2.55. The summed E-state index contributed by atoms with van der Waals surface area (Å²) < 4.78 is 17.9. The summed E-state index contributed by atoms with van der Waals surface area (Å²) in [7, 11) is 1.41. The molecule has 1 atom stereocenters. The third-order valence-electron chi connectivity index (χ3n) is 5.75. The summed E-state index contributed by atoms with van der Waals surface area (Å²) in [5, 5.41) is 0. The molecule has 2 aliphatic rings. The predicted molar refractivity (Wildman–Crippen MR) is 101 cm³/mol. The highest BCUT2D eigenvalue weighted by atomic mass is 19.1. The minimum Gasteiger partial charge on any atom is -0.469 e. The van der Waals surface area contributed by atoms with Crippen LogP contribution in [0.3, 0.4) is 0 Å². The van der Waals surface area contributed by atoms with Gasteiger partial charge in [0.25, 0.3) is 0 Å². The van der Waals surface area contributed by atoms with Crippen LogP contribution in [-0.4, -0.2) is 74.1 Å². The van der Waals surface area contributed by atoms with Crippen molar-refractivity contribution in [3.63, 3.8) is 0 Å². The first-order chi connectivity index (χ1) is 13.0. The number of hydrogen-bond donors (Lipinski definition) is 0. The van der Waals surface area contributed by atoms with Gasteiger partial charge in [-0.1, -0.05) is 0 Å². The van der Waals surface area contributed by atoms with Crippen LogP contribution in [0.25, 0.3) is 0 Å². The molecule has 0 N–H and O–H groups in total. The standard InChI is InChI=1S/C20H28FN3O3/c1-15(19(25)24-9-7-16(8-10-24)20(26)27-2)22-11-13-23(14-12-22)18-5-3-17(21)4-6-18/h3-6,15-16H,7-14H2,1-2H3. The SMILES string of the molecule is COC(=O)C1CCN(C(=O)C(C)N2CCN(c3ccc(F)cc3)CC2)CC1. The molecule has 0 radical (unpaired) electrons. The highest BCUT2D eigenvalue weighted by Gasteiger charge is 2.32. The molecule has 1 aromatic carbocycles. The number of carbonyl (C=O) groups is 2. The number of carbonyl (C=O) groups excluding carboxylic acids is 2. The zero-order valence-electron chi connectivity index (χ0n) is 16.1. The fraction of sp³-hybridized carbons (Fsp3) is 0.600. The van der Waals surface area contributed by atoms with Gasteiger partial charge in [0.15, 0.2) is 0 Å². The van der Waals surface area contributed by atoms with Gasteiger partial charge in [0.05, 0.1) is 19.1 Å². The van der Waals surface area contributed by atoms with E-state index in [9.17, 15) is 14.0 Å². The molecule has 148 valence electrons. The quantitative estimate of drug-likeness (QED) is 0.749. The van der Waals surface area contributed by atoms with Crippen molar-refractivity contribution in [3.05, 3.63) is 30.1 Å². The third kappa shape index (κ3) is 4.58. The number of piperidine rings is 1. The normalized spacial score (nSPS) is 20.4. The van der Waals surface area contributed by atoms with E-state index in [2.05, 4.69) is 9.80 Å². The summed E-state index contributed by atoms with van der Waals surface area (Å²) in [6, 6.07) is 6.38. The molecule has 0 saturated carbocycles. The van der Waals surface area contributed by atoms with Crippen molar-refractivity contribution in [2.45, 2.75) is 25.8 Å². The van der Waals surface area contributed by atoms with Crippen LogP contribution in [0.15, 0.2) is 24.3 Å². The van der Waals surface area contributed by atoms with E-state index in [1.54, 1.807) is 12.1 Å². The fourth-order valence-electron chi connectivity index (χ4n) is 3.94. The van der Waals surface area contributed by atoms with Crippen molar-refractivity contribution in [2.75, 3.05) is 51.3 Å². The van der Waals surface area contributed by atoms with Gasteiger partial charge in [0.1, 0.15) is 5.82 Å². The highest BCUT2D eigenvalue weighted by Crippen LogP contribution is 2.21. The van der Waals surface area contributed by atoms with Crippen molar-refractivity contribution in [3.8, 4) is 0 Å². The van der Waals surface area contributed by atoms with Crippen molar-refractivity contribution in [2.24, 2.45) is 5.92 Å². The fourth-order valence-corrected chi connectivity index (χ4v) is 3.94. The Morgan fingerprint density at radius 1 is 1.04 bits per heavy atom. The minimum atomic E-state index is -0.229. The van der Waals surface area contributed by atoms with Crippen LogP contribution in [0.2, 0.25) is 0 Å². The maximum atomic E-state index is 13.1. The number of halogens is 1. The van der Waals surface area contributed by atoms with Crippen molar-refractivity contribution in [1.82, 2.24) is 9.80 Å². The molecule has 6 nitrogen and oxygen atoms in total. The molecule has 1 amide bonds. The molecule has 7 heteroatoms. The van der Waals surface area contributed by atoms with E-state index in [1.807, 2.05) is 11.8 Å². The number of esters is 1. The van der Waals surface area contributed by atoms with Crippen LogP contribution < -0.4 is 4.90 Å². The summed E-state index contributed by atoms with van der Waals surface area (Å²) in [6.07, 6.45) is 1.34. The average Bonchev–Trinajstić information content (AvgIpc) is 2.73. The van der Waals surface area contributed by atoms with Gasteiger partial charge < -0.3 is 14.5 Å². The lowest BCUT2D eigenvalue weighted by Gasteiger charge is -2.40. The second-order valence-corrected chi connectivity index (χ2v) is 7.30. The number of hydrogen-bond acceptors (Lipinski definition) is 5. The topological polar surface area (TPSA) is 53.1 Å². The Balaban J connectivity index is 1.49. The summed E-state index contributed by atoms with van der Waals surface area (Å²) in [6.45, 7) is 6.40. The zero-order valence-corrected chi connectivity index (χ0v) is 16.1. The number of likely N-dealkylation sites (tertiary alicyclic amines) is 1. The molecule has 1 unspecified atom stereocenters. The van der Waals surface area contributed by atoms with Gasteiger partial charge in [-0.15, -0.1) is 0 Å². The van der Waals surface area contributed by atoms with E-state index < -0.39 is 0 Å². The van der Waals surface area contributed by atoms with Crippen LogP contribution >= 0.6 is 0 Å². The average molecular weight is 377 g/mol. The predicted octanol–water partition coefficient (Wildman–Crippen LogP) is 1.75. The Morgan fingerprint density at radius 2 is 1.63 bits per heavy atom. The Labute approximate surface area is 159 Å². The first-order valence-electron chi connectivity index (χ1n) is 9.60. The van der Waals surface area contributed by atoms with Crippen molar-refractivity contribution >= 4 is 17.6 Å². The van der Waals surface area contributed by atoms with Gasteiger partial charge in [0.2, 0.25) is 5.91 Å². The largest absolute Gasteiger partial charge is 0.469 e. The molecule has 0 spiro atoms. The second-order valence-electron chi connectivity index (χ2n) is 7.30. The van der Waals surface area contributed by atoms with E-state index in [-0.39, 0.29) is 29.7 Å². The van der Waals surface area contributed by atoms with Gasteiger partial charge in [-0.3, -0.25) is 14.5 Å². The lowest BCUT2D eigenvalue weighted by molar-refractivity contribution is -0.149. The maximum absolute atomic E-state index is 13.1. The second kappa shape index (κ2) is 8.69. The van der Waals surface area contributed by atoms with E-state index >= 15 is 0 Å². The molecule has 2 aliphatic heterocycles. The van der Waals surface area contributed by atoms with E-state index in [1.165, 1.54) is 19.2 Å². The summed E-state index contributed by atoms with van der Waals surface area (Å²) in [5.41, 5.74) is 1.01. The van der Waals surface area contributed by atoms with Crippen LogP contribution in [0.5, 0.6) is 0 Å². The number of methoxy groups -OCH3 is 1. The molecule has 3 rings (SSSR count). The van der Waals surface area contributed by atoms with E-state index in [4.69, 9.17) is 4.74 Å². The number of rotatable bonds is 4. The molecule has 2 heterocycles. The van der Waals surface area contributed by atoms with Gasteiger partial charge in [-0.05, 0) is 44.0 Å². The Kier molecular flexibility index (Phi) is 6.31. The van der Waals surface area contributed by atoms with Gasteiger partial charge in [0, 0.05) is 45.0 Å². The zero-order chi connectivity index (χ0) is 19.4. The summed E-state index contributed by atoms with van der Waals surface area (Å²) >= 11 is 0. The van der Waals surface area contributed by atoms with Gasteiger partial charge in [-0.25, -0.2) is 4.39 Å². The monoisotopic (exact) mass is 377 g/mol. The molecular formula is C20H28FN3O3. The maximum Gasteiger partial charge on any atom is 0.308 e. The summed E-state index contributed by atoms with van der Waals surface area (Å²) in [4.78, 5) is 30.8. The highest BCUT2D eigenvalue weighted by molar-refractivity contribution is 5.82. The first kappa shape index (κ1) is 19.6. The molecule has 2 saturated heterocycles. The van der Waals surface area contributed by atoms with Gasteiger partial charge >= 0.3 is 5.97 Å². The molecular weight excluding hydrogens is 349 g/mol. The molecule has 0 aliphatic carbocycles. The van der Waals surface area contributed by atoms with Crippen LogP contribution in [-0.2, 0) is 14.3 Å². The number of anilines is 1. The number of amides is 1. The molecule has 2 fully saturated rings. The number of piperazine rings is 1. The minimum absolute atomic E-state index is 0.0892. The molecule has 0 aromatic heterocycles. The van der Waals surface area contributed by atoms with E-state index in [0.29, 0.717) is 25.9 Å². The van der Waals surface area contributed by atoms with Crippen LogP contribution in [0, 0.1) is 11.7 Å².